The van der Waals surface area contributed by atoms with E-state index in [1.54, 1.807) is 0 Å². The van der Waals surface area contributed by atoms with Crippen molar-refractivity contribution in [1.82, 2.24) is 0 Å². The number of nitrogens with one attached hydrogen (secondary N) is 1. The van der Waals surface area contributed by atoms with Crippen molar-refractivity contribution in [3.05, 3.63) is 70.3 Å². The van der Waals surface area contributed by atoms with E-state index in [-0.39, 0.29) is 11.6 Å². The topological polar surface area (TPSA) is 98.5 Å². The van der Waals surface area contributed by atoms with Gasteiger partial charge in [0.25, 0.3) is 11.6 Å². The Labute approximate surface area is 157 Å². The Hall–Kier alpha value is -3.22. The average molecular weight is 370 g/mol. The van der Waals surface area contributed by atoms with E-state index < -0.39 is 29.3 Å². The summed E-state index contributed by atoms with van der Waals surface area (Å²) in [6.45, 7) is 3.54. The van der Waals surface area contributed by atoms with E-state index in [1.165, 1.54) is 24.3 Å². The summed E-state index contributed by atoms with van der Waals surface area (Å²) in [7, 11) is 0. The largest absolute Gasteiger partial charge is 0.455 e. The van der Waals surface area contributed by atoms with Gasteiger partial charge in [0.05, 0.1) is 10.8 Å². The highest BCUT2D eigenvalue weighted by Gasteiger charge is 2.27. The predicted octanol–water partition coefficient (Wildman–Crippen LogP) is 3.91. The predicted molar refractivity (Wildman–Crippen MR) is 101 cm³/mol. The molecule has 0 unspecified atom stereocenters. The van der Waals surface area contributed by atoms with Crippen LogP contribution in [0.2, 0.25) is 0 Å². The highest BCUT2D eigenvalue weighted by atomic mass is 16.6. The molecule has 2 atom stereocenters. The first-order valence-corrected chi connectivity index (χ1v) is 8.68. The van der Waals surface area contributed by atoms with Crippen molar-refractivity contribution in [1.29, 1.82) is 0 Å². The van der Waals surface area contributed by atoms with Crippen LogP contribution in [0.3, 0.4) is 0 Å². The third-order valence-electron chi connectivity index (χ3n) is 4.33. The monoisotopic (exact) mass is 370 g/mol. The fraction of sp³-hybridized carbons (Fsp3) is 0.300. The fourth-order valence-corrected chi connectivity index (χ4v) is 2.68. The first kappa shape index (κ1) is 20.1. The summed E-state index contributed by atoms with van der Waals surface area (Å²) < 4.78 is 5.22. The van der Waals surface area contributed by atoms with Crippen molar-refractivity contribution in [2.75, 3.05) is 11.9 Å². The van der Waals surface area contributed by atoms with Gasteiger partial charge in [-0.3, -0.25) is 19.7 Å². The van der Waals surface area contributed by atoms with Gasteiger partial charge in [-0.2, -0.15) is 0 Å². The Morgan fingerprint density at radius 1 is 1.11 bits per heavy atom. The summed E-state index contributed by atoms with van der Waals surface area (Å²) in [6, 6.07) is 14.8. The van der Waals surface area contributed by atoms with Crippen LogP contribution < -0.4 is 5.32 Å². The Morgan fingerprint density at radius 3 is 2.30 bits per heavy atom. The maximum Gasteiger partial charge on any atom is 0.314 e. The van der Waals surface area contributed by atoms with Crippen LogP contribution >= 0.6 is 0 Å². The molecule has 2 aromatic rings. The quantitative estimate of drug-likeness (QED) is 0.431. The molecule has 0 aliphatic heterocycles. The van der Waals surface area contributed by atoms with E-state index in [1.807, 2.05) is 44.2 Å². The molecule has 0 fully saturated rings. The van der Waals surface area contributed by atoms with Crippen LogP contribution in [0.4, 0.5) is 11.4 Å². The Kier molecular flexibility index (Phi) is 7.05. The summed E-state index contributed by atoms with van der Waals surface area (Å²) >= 11 is 0. The van der Waals surface area contributed by atoms with Crippen LogP contribution in [0.25, 0.3) is 0 Å². The number of nitro groups is 1. The normalized spacial score (nSPS) is 12.7. The number of hydrogen-bond donors (Lipinski definition) is 1. The smallest absolute Gasteiger partial charge is 0.314 e. The number of esters is 1. The SMILES string of the molecule is CC[C@H](C)[C@@H](C(=O)OCC(=O)Nc1ccc([N+](=O)[O-])cc1)c1ccccc1. The number of anilines is 1. The second-order valence-corrected chi connectivity index (χ2v) is 6.23. The van der Waals surface area contributed by atoms with Crippen molar-refractivity contribution in [2.45, 2.75) is 26.2 Å². The zero-order valence-corrected chi connectivity index (χ0v) is 15.3. The van der Waals surface area contributed by atoms with Gasteiger partial charge in [-0.05, 0) is 23.6 Å². The minimum absolute atomic E-state index is 0.0673. The van der Waals surface area contributed by atoms with Gasteiger partial charge in [0.1, 0.15) is 0 Å². The van der Waals surface area contributed by atoms with Crippen molar-refractivity contribution in [3.8, 4) is 0 Å². The Bertz CT molecular complexity index is 790. The number of hydrogen-bond acceptors (Lipinski definition) is 5. The number of carbonyl (C=O) groups is 2. The second kappa shape index (κ2) is 9.47. The molecule has 0 aliphatic rings. The molecule has 0 spiro atoms. The maximum atomic E-state index is 12.5. The summed E-state index contributed by atoms with van der Waals surface area (Å²) in [6.07, 6.45) is 0.795. The molecule has 0 aromatic heterocycles. The van der Waals surface area contributed by atoms with Gasteiger partial charge in [0.2, 0.25) is 0 Å². The Morgan fingerprint density at radius 2 is 1.74 bits per heavy atom. The van der Waals surface area contributed by atoms with Gasteiger partial charge in [0, 0.05) is 17.8 Å². The third kappa shape index (κ3) is 5.64. The number of carbonyl (C=O) groups excluding carboxylic acids is 2. The lowest BCUT2D eigenvalue weighted by Crippen LogP contribution is -2.26. The first-order chi connectivity index (χ1) is 12.9. The molecule has 0 bridgehead atoms. The molecule has 0 radical (unpaired) electrons. The number of nitrogens with zero attached hydrogens (tertiary/aromatic N) is 1. The molecule has 0 saturated heterocycles. The number of non-ortho nitro benzene ring substituents is 1. The zero-order chi connectivity index (χ0) is 19.8. The molecule has 0 aliphatic carbocycles. The molecule has 2 rings (SSSR count). The molecular weight excluding hydrogens is 348 g/mol. The van der Waals surface area contributed by atoms with E-state index in [2.05, 4.69) is 5.32 Å². The molecule has 142 valence electrons. The molecule has 2 aromatic carbocycles. The van der Waals surface area contributed by atoms with Crippen molar-refractivity contribution in [3.63, 3.8) is 0 Å². The summed E-state index contributed by atoms with van der Waals surface area (Å²) in [5.74, 6) is -1.33. The van der Waals surface area contributed by atoms with Crippen LogP contribution in [-0.4, -0.2) is 23.4 Å². The van der Waals surface area contributed by atoms with Gasteiger partial charge in [0.15, 0.2) is 6.61 Å². The molecule has 7 heteroatoms. The van der Waals surface area contributed by atoms with Gasteiger partial charge in [-0.1, -0.05) is 50.6 Å². The molecule has 0 saturated carbocycles. The lowest BCUT2D eigenvalue weighted by Gasteiger charge is -2.21. The number of rotatable bonds is 8. The molecular formula is C20H22N2O5. The maximum absolute atomic E-state index is 12.5. The van der Waals surface area contributed by atoms with Crippen LogP contribution in [0, 0.1) is 16.0 Å². The van der Waals surface area contributed by atoms with Crippen molar-refractivity contribution in [2.24, 2.45) is 5.92 Å². The third-order valence-corrected chi connectivity index (χ3v) is 4.33. The summed E-state index contributed by atoms with van der Waals surface area (Å²) in [4.78, 5) is 34.7. The molecule has 0 heterocycles. The van der Waals surface area contributed by atoms with Gasteiger partial charge >= 0.3 is 5.97 Å². The molecule has 1 amide bonds. The fourth-order valence-electron chi connectivity index (χ4n) is 2.68. The summed E-state index contributed by atoms with van der Waals surface area (Å²) in [5, 5.41) is 13.2. The summed E-state index contributed by atoms with van der Waals surface area (Å²) in [5.41, 5.74) is 1.18. The second-order valence-electron chi connectivity index (χ2n) is 6.23. The molecule has 7 nitrogen and oxygen atoms in total. The van der Waals surface area contributed by atoms with E-state index in [0.717, 1.165) is 12.0 Å². The number of benzene rings is 2. The minimum atomic E-state index is -0.522. The van der Waals surface area contributed by atoms with Crippen LogP contribution in [0.1, 0.15) is 31.7 Å². The van der Waals surface area contributed by atoms with Crippen LogP contribution in [-0.2, 0) is 14.3 Å². The average Bonchev–Trinajstić information content (AvgIpc) is 2.67. The standard InChI is InChI=1S/C20H22N2O5/c1-3-14(2)19(15-7-5-4-6-8-15)20(24)27-13-18(23)21-16-9-11-17(12-10-16)22(25)26/h4-12,14,19H,3,13H2,1-2H3,(H,21,23)/t14-,19+/m0/s1. The Balaban J connectivity index is 1.95. The van der Waals surface area contributed by atoms with Gasteiger partial charge in [-0.25, -0.2) is 0 Å². The van der Waals surface area contributed by atoms with Gasteiger partial charge < -0.3 is 10.1 Å². The van der Waals surface area contributed by atoms with E-state index >= 15 is 0 Å². The van der Waals surface area contributed by atoms with E-state index in [0.29, 0.717) is 5.69 Å². The molecule has 27 heavy (non-hydrogen) atoms. The zero-order valence-electron chi connectivity index (χ0n) is 15.3. The van der Waals surface area contributed by atoms with E-state index in [9.17, 15) is 19.7 Å². The van der Waals surface area contributed by atoms with Crippen LogP contribution in [0.15, 0.2) is 54.6 Å². The lowest BCUT2D eigenvalue weighted by molar-refractivity contribution is -0.384. The number of amides is 1. The lowest BCUT2D eigenvalue weighted by atomic mass is 9.86. The van der Waals surface area contributed by atoms with Crippen LogP contribution in [0.5, 0.6) is 0 Å². The van der Waals surface area contributed by atoms with Crippen molar-refractivity contribution < 1.29 is 19.2 Å². The number of ether oxygens (including phenoxy) is 1. The minimum Gasteiger partial charge on any atom is -0.455 e. The van der Waals surface area contributed by atoms with Gasteiger partial charge in [-0.15, -0.1) is 0 Å². The highest BCUT2D eigenvalue weighted by Crippen LogP contribution is 2.28. The molecule has 1 N–H and O–H groups in total. The number of nitro benzene ring substituents is 1. The highest BCUT2D eigenvalue weighted by molar-refractivity contribution is 5.93. The first-order valence-electron chi connectivity index (χ1n) is 8.68. The van der Waals surface area contributed by atoms with E-state index in [4.69, 9.17) is 4.74 Å². The van der Waals surface area contributed by atoms with Crippen molar-refractivity contribution >= 4 is 23.3 Å².